The number of carbonyl (C=O) groups is 2. The van der Waals surface area contributed by atoms with E-state index in [1.54, 1.807) is 12.3 Å². The summed E-state index contributed by atoms with van der Waals surface area (Å²) in [4.78, 5) is 24.1. The first kappa shape index (κ1) is 15.1. The monoisotopic (exact) mass is 309 g/mol. The Labute approximate surface area is 124 Å². The molecular weight excluding hydrogens is 294 g/mol. The molecule has 1 amide bonds. The Morgan fingerprint density at radius 1 is 1.52 bits per heavy atom. The lowest BCUT2D eigenvalue weighted by Crippen LogP contribution is -2.15. The van der Waals surface area contributed by atoms with E-state index in [9.17, 15) is 9.59 Å². The number of esters is 1. The number of ether oxygens (including phenoxy) is 1. The van der Waals surface area contributed by atoms with Crippen LogP contribution < -0.4 is 11.1 Å². The van der Waals surface area contributed by atoms with Crippen molar-refractivity contribution in [1.82, 2.24) is 15.0 Å². The van der Waals surface area contributed by atoms with Crippen LogP contribution in [0.4, 0.5) is 5.69 Å². The summed E-state index contributed by atoms with van der Waals surface area (Å²) in [5, 5.41) is 12.0. The summed E-state index contributed by atoms with van der Waals surface area (Å²) in [5.41, 5.74) is 6.78. The topological polar surface area (TPSA) is 112 Å². The van der Waals surface area contributed by atoms with Gasteiger partial charge in [0.05, 0.1) is 25.5 Å². The Morgan fingerprint density at radius 3 is 2.95 bits per heavy atom. The minimum absolute atomic E-state index is 0.157. The number of hydrogen-bond acceptors (Lipinski definition) is 7. The molecule has 2 rings (SSSR count). The Morgan fingerprint density at radius 2 is 2.29 bits per heavy atom. The van der Waals surface area contributed by atoms with Crippen LogP contribution >= 0.6 is 11.3 Å². The van der Waals surface area contributed by atoms with Gasteiger partial charge in [0, 0.05) is 6.54 Å². The van der Waals surface area contributed by atoms with Crippen molar-refractivity contribution in [2.75, 3.05) is 19.0 Å². The molecule has 0 atom stereocenters. The summed E-state index contributed by atoms with van der Waals surface area (Å²) in [6, 6.07) is 0. The molecule has 2 aromatic heterocycles. The molecule has 21 heavy (non-hydrogen) atoms. The van der Waals surface area contributed by atoms with Crippen LogP contribution in [0.5, 0.6) is 0 Å². The number of hydrogen-bond donors (Lipinski definition) is 2. The van der Waals surface area contributed by atoms with Gasteiger partial charge in [-0.05, 0) is 17.9 Å². The van der Waals surface area contributed by atoms with Gasteiger partial charge in [0.15, 0.2) is 5.69 Å². The Kier molecular flexibility index (Phi) is 4.66. The second-order valence-electron chi connectivity index (χ2n) is 4.22. The van der Waals surface area contributed by atoms with E-state index in [0.29, 0.717) is 23.7 Å². The highest BCUT2D eigenvalue weighted by Gasteiger charge is 2.20. The molecule has 0 saturated heterocycles. The number of carbonyl (C=O) groups excluding carboxylic acids is 2. The number of thiophene rings is 1. The van der Waals surface area contributed by atoms with Gasteiger partial charge in [0.2, 0.25) is 0 Å². The molecule has 0 saturated carbocycles. The SMILES string of the molecule is COC(=O)c1scc(C)c1NC(=O)c1cn(CCN)nn1. The van der Waals surface area contributed by atoms with E-state index in [1.165, 1.54) is 29.3 Å². The average Bonchev–Trinajstić information content (AvgIpc) is 3.07. The minimum Gasteiger partial charge on any atom is -0.465 e. The average molecular weight is 309 g/mol. The molecule has 0 bridgehead atoms. The van der Waals surface area contributed by atoms with Gasteiger partial charge in [-0.2, -0.15) is 0 Å². The number of nitrogens with two attached hydrogens (primary N) is 1. The lowest BCUT2D eigenvalue weighted by molar-refractivity contribution is 0.0607. The van der Waals surface area contributed by atoms with E-state index >= 15 is 0 Å². The van der Waals surface area contributed by atoms with Crippen LogP contribution in [0, 0.1) is 6.92 Å². The van der Waals surface area contributed by atoms with Crippen LogP contribution in [0.15, 0.2) is 11.6 Å². The Balaban J connectivity index is 2.19. The number of anilines is 1. The summed E-state index contributed by atoms with van der Waals surface area (Å²) in [7, 11) is 1.29. The zero-order valence-corrected chi connectivity index (χ0v) is 12.4. The third-order valence-electron chi connectivity index (χ3n) is 2.71. The third-order valence-corrected chi connectivity index (χ3v) is 3.79. The molecule has 0 unspecified atom stereocenters. The number of aryl methyl sites for hydroxylation is 1. The van der Waals surface area contributed by atoms with E-state index in [2.05, 4.69) is 20.4 Å². The summed E-state index contributed by atoms with van der Waals surface area (Å²) in [6.07, 6.45) is 1.50. The first-order chi connectivity index (χ1) is 10.1. The zero-order valence-electron chi connectivity index (χ0n) is 11.6. The van der Waals surface area contributed by atoms with Crippen LogP contribution in [0.25, 0.3) is 0 Å². The zero-order chi connectivity index (χ0) is 15.4. The number of rotatable bonds is 5. The predicted octanol–water partition coefficient (Wildman–Crippen LogP) is 0.646. The van der Waals surface area contributed by atoms with Gasteiger partial charge in [0.1, 0.15) is 4.88 Å². The summed E-state index contributed by atoms with van der Waals surface area (Å²) >= 11 is 1.21. The molecule has 2 heterocycles. The van der Waals surface area contributed by atoms with Crippen LogP contribution in [0.2, 0.25) is 0 Å². The van der Waals surface area contributed by atoms with Crippen molar-refractivity contribution in [3.8, 4) is 0 Å². The van der Waals surface area contributed by atoms with Gasteiger partial charge in [0.25, 0.3) is 5.91 Å². The third kappa shape index (κ3) is 3.26. The highest BCUT2D eigenvalue weighted by Crippen LogP contribution is 2.28. The van der Waals surface area contributed by atoms with Crippen molar-refractivity contribution in [3.05, 3.63) is 27.7 Å². The number of nitrogens with one attached hydrogen (secondary N) is 1. The molecule has 0 fully saturated rings. The van der Waals surface area contributed by atoms with E-state index < -0.39 is 11.9 Å². The largest absolute Gasteiger partial charge is 0.465 e. The molecular formula is C12H15N5O3S. The smallest absolute Gasteiger partial charge is 0.350 e. The fourth-order valence-corrected chi connectivity index (χ4v) is 2.59. The van der Waals surface area contributed by atoms with E-state index in [4.69, 9.17) is 5.73 Å². The van der Waals surface area contributed by atoms with Gasteiger partial charge < -0.3 is 15.8 Å². The molecule has 3 N–H and O–H groups in total. The van der Waals surface area contributed by atoms with E-state index in [1.807, 2.05) is 0 Å². The quantitative estimate of drug-likeness (QED) is 0.784. The molecule has 0 aromatic carbocycles. The van der Waals surface area contributed by atoms with E-state index in [0.717, 1.165) is 5.56 Å². The maximum Gasteiger partial charge on any atom is 0.350 e. The maximum atomic E-state index is 12.1. The lowest BCUT2D eigenvalue weighted by atomic mass is 10.2. The Hall–Kier alpha value is -2.26. The van der Waals surface area contributed by atoms with Crippen molar-refractivity contribution in [1.29, 1.82) is 0 Å². The standard InChI is InChI=1S/C12H15N5O3S/c1-7-6-21-10(12(19)20-2)9(7)14-11(18)8-5-17(4-3-13)16-15-8/h5-6H,3-4,13H2,1-2H3,(H,14,18). The van der Waals surface area contributed by atoms with Gasteiger partial charge in [-0.3, -0.25) is 9.48 Å². The van der Waals surface area contributed by atoms with Crippen LogP contribution in [-0.4, -0.2) is 40.5 Å². The number of amides is 1. The van der Waals surface area contributed by atoms with Gasteiger partial charge >= 0.3 is 5.97 Å². The highest BCUT2D eigenvalue weighted by molar-refractivity contribution is 7.12. The highest BCUT2D eigenvalue weighted by atomic mass is 32.1. The second kappa shape index (κ2) is 6.46. The van der Waals surface area contributed by atoms with Crippen molar-refractivity contribution in [2.24, 2.45) is 5.73 Å². The fourth-order valence-electron chi connectivity index (χ4n) is 1.66. The normalized spacial score (nSPS) is 10.4. The summed E-state index contributed by atoms with van der Waals surface area (Å²) in [6.45, 7) is 2.68. The number of methoxy groups -OCH3 is 1. The first-order valence-electron chi connectivity index (χ1n) is 6.14. The fraction of sp³-hybridized carbons (Fsp3) is 0.333. The molecule has 0 aliphatic carbocycles. The molecule has 0 spiro atoms. The van der Waals surface area contributed by atoms with Crippen molar-refractivity contribution in [3.63, 3.8) is 0 Å². The summed E-state index contributed by atoms with van der Waals surface area (Å²) in [5.74, 6) is -0.930. The molecule has 0 radical (unpaired) electrons. The van der Waals surface area contributed by atoms with Crippen molar-refractivity contribution in [2.45, 2.75) is 13.5 Å². The molecule has 2 aromatic rings. The molecule has 0 aliphatic heterocycles. The molecule has 0 aliphatic rings. The van der Waals surface area contributed by atoms with Crippen LogP contribution in [0.1, 0.15) is 25.7 Å². The summed E-state index contributed by atoms with van der Waals surface area (Å²) < 4.78 is 6.17. The molecule has 9 heteroatoms. The van der Waals surface area contributed by atoms with E-state index in [-0.39, 0.29) is 5.69 Å². The van der Waals surface area contributed by atoms with Crippen LogP contribution in [-0.2, 0) is 11.3 Å². The second-order valence-corrected chi connectivity index (χ2v) is 5.10. The van der Waals surface area contributed by atoms with Gasteiger partial charge in [-0.1, -0.05) is 5.21 Å². The minimum atomic E-state index is -0.491. The van der Waals surface area contributed by atoms with Crippen molar-refractivity contribution >= 4 is 28.9 Å². The van der Waals surface area contributed by atoms with Crippen LogP contribution in [0.3, 0.4) is 0 Å². The Bertz CT molecular complexity index is 664. The molecule has 112 valence electrons. The van der Waals surface area contributed by atoms with Gasteiger partial charge in [-0.15, -0.1) is 16.4 Å². The number of nitrogens with zero attached hydrogens (tertiary/aromatic N) is 3. The lowest BCUT2D eigenvalue weighted by Gasteiger charge is -2.05. The maximum absolute atomic E-state index is 12.1. The van der Waals surface area contributed by atoms with Crippen molar-refractivity contribution < 1.29 is 14.3 Å². The predicted molar refractivity (Wildman–Crippen MR) is 77.4 cm³/mol. The first-order valence-corrected chi connectivity index (χ1v) is 7.02. The number of aromatic nitrogens is 3. The van der Waals surface area contributed by atoms with Gasteiger partial charge in [-0.25, -0.2) is 4.79 Å². The molecule has 8 nitrogen and oxygen atoms in total.